The van der Waals surface area contributed by atoms with Crippen molar-refractivity contribution in [3.05, 3.63) is 32.8 Å². The van der Waals surface area contributed by atoms with Gasteiger partial charge in [-0.15, -0.1) is 0 Å². The molecule has 0 aliphatic carbocycles. The highest BCUT2D eigenvalue weighted by Gasteiger charge is 2.22. The van der Waals surface area contributed by atoms with Crippen LogP contribution in [0.2, 0.25) is 5.02 Å². The number of aliphatic hydroxyl groups excluding tert-OH is 1. The minimum absolute atomic E-state index is 0.0163. The fraction of sp³-hybridized carbons (Fsp3) is 0.417. The molecule has 8 nitrogen and oxygen atoms in total. The van der Waals surface area contributed by atoms with E-state index < -0.39 is 22.6 Å². The monoisotopic (exact) mass is 317 g/mol. The summed E-state index contributed by atoms with van der Waals surface area (Å²) in [6.07, 6.45) is -0.858. The summed E-state index contributed by atoms with van der Waals surface area (Å²) in [5.74, 6) is -0.518. The second-order valence-electron chi connectivity index (χ2n) is 4.44. The molecule has 0 fully saturated rings. The van der Waals surface area contributed by atoms with Crippen molar-refractivity contribution >= 4 is 28.9 Å². The first-order valence-electron chi connectivity index (χ1n) is 5.93. The number of ether oxygens (including phenoxy) is 1. The van der Waals surface area contributed by atoms with Crippen LogP contribution in [0.25, 0.3) is 0 Å². The third-order valence-electron chi connectivity index (χ3n) is 2.74. The van der Waals surface area contributed by atoms with Gasteiger partial charge in [0.15, 0.2) is 0 Å². The molecular formula is C12H16ClN3O5. The predicted octanol–water partition coefficient (Wildman–Crippen LogP) is 0.910. The Labute approximate surface area is 126 Å². The average Bonchev–Trinajstić information content (AvgIpc) is 2.40. The van der Waals surface area contributed by atoms with E-state index in [9.17, 15) is 20.0 Å². The standard InChI is InChI=1S/C12H16ClN3O5/c1-15(5-8(17)6-21-2)12(18)7-3-9(13)11(14)10(4-7)16(19)20/h3-4,8,17H,5-6,14H2,1-2H3. The Balaban J connectivity index is 2.99. The number of halogens is 1. The first-order valence-corrected chi connectivity index (χ1v) is 6.31. The van der Waals surface area contributed by atoms with Crippen LogP contribution in [0.3, 0.4) is 0 Å². The molecule has 21 heavy (non-hydrogen) atoms. The molecule has 0 spiro atoms. The fourth-order valence-electron chi connectivity index (χ4n) is 1.74. The fourth-order valence-corrected chi connectivity index (χ4v) is 1.96. The molecule has 0 bridgehead atoms. The highest BCUT2D eigenvalue weighted by Crippen LogP contribution is 2.31. The highest BCUT2D eigenvalue weighted by molar-refractivity contribution is 6.34. The molecule has 1 aromatic rings. The lowest BCUT2D eigenvalue weighted by atomic mass is 10.1. The van der Waals surface area contributed by atoms with E-state index in [0.29, 0.717) is 0 Å². The molecule has 0 aliphatic rings. The third-order valence-corrected chi connectivity index (χ3v) is 3.05. The number of nitro groups is 1. The number of aliphatic hydroxyl groups is 1. The summed E-state index contributed by atoms with van der Waals surface area (Å²) in [5, 5.41) is 20.4. The zero-order chi connectivity index (χ0) is 16.2. The van der Waals surface area contributed by atoms with Crippen LogP contribution in [0, 0.1) is 10.1 Å². The Morgan fingerprint density at radius 2 is 2.24 bits per heavy atom. The molecule has 0 saturated heterocycles. The number of carbonyl (C=O) groups is 1. The largest absolute Gasteiger partial charge is 0.392 e. The van der Waals surface area contributed by atoms with Gasteiger partial charge >= 0.3 is 0 Å². The predicted molar refractivity (Wildman–Crippen MR) is 77.4 cm³/mol. The van der Waals surface area contributed by atoms with Gasteiger partial charge in [-0.25, -0.2) is 0 Å². The molecule has 0 aromatic heterocycles. The van der Waals surface area contributed by atoms with Gasteiger partial charge in [-0.1, -0.05) is 11.6 Å². The van der Waals surface area contributed by atoms with Crippen molar-refractivity contribution in [1.29, 1.82) is 0 Å². The van der Waals surface area contributed by atoms with Gasteiger partial charge in [0, 0.05) is 32.3 Å². The molecule has 3 N–H and O–H groups in total. The Bertz CT molecular complexity index is 552. The van der Waals surface area contributed by atoms with E-state index in [-0.39, 0.29) is 29.4 Å². The van der Waals surface area contributed by atoms with Gasteiger partial charge in [-0.2, -0.15) is 0 Å². The van der Waals surface area contributed by atoms with E-state index in [1.807, 2.05) is 0 Å². The van der Waals surface area contributed by atoms with Gasteiger partial charge in [0.2, 0.25) is 0 Å². The van der Waals surface area contributed by atoms with Crippen molar-refractivity contribution < 1.29 is 19.6 Å². The van der Waals surface area contributed by atoms with Crippen LogP contribution in [-0.2, 0) is 4.74 Å². The molecule has 1 aromatic carbocycles. The minimum Gasteiger partial charge on any atom is -0.392 e. The summed E-state index contributed by atoms with van der Waals surface area (Å²) in [7, 11) is 2.88. The Hall–Kier alpha value is -1.90. The van der Waals surface area contributed by atoms with E-state index in [2.05, 4.69) is 0 Å². The molecule has 9 heteroatoms. The van der Waals surface area contributed by atoms with Crippen molar-refractivity contribution in [1.82, 2.24) is 4.90 Å². The summed E-state index contributed by atoms with van der Waals surface area (Å²) in [6, 6.07) is 2.31. The number of hydrogen-bond donors (Lipinski definition) is 2. The van der Waals surface area contributed by atoms with Crippen LogP contribution in [0.15, 0.2) is 12.1 Å². The number of likely N-dealkylation sites (N-methyl/N-ethyl adjacent to an activating group) is 1. The molecular weight excluding hydrogens is 302 g/mol. The molecule has 0 saturated carbocycles. The van der Waals surface area contributed by atoms with Crippen molar-refractivity contribution in [3.63, 3.8) is 0 Å². The summed E-state index contributed by atoms with van der Waals surface area (Å²) in [5.41, 5.74) is 4.89. The first kappa shape index (κ1) is 17.2. The second kappa shape index (κ2) is 7.21. The summed E-state index contributed by atoms with van der Waals surface area (Å²) < 4.78 is 4.76. The van der Waals surface area contributed by atoms with Crippen LogP contribution >= 0.6 is 11.6 Å². The Morgan fingerprint density at radius 3 is 2.76 bits per heavy atom. The minimum atomic E-state index is -0.858. The maximum atomic E-state index is 12.2. The van der Waals surface area contributed by atoms with Gasteiger partial charge in [-0.05, 0) is 6.07 Å². The molecule has 0 aliphatic heterocycles. The van der Waals surface area contributed by atoms with E-state index in [4.69, 9.17) is 22.1 Å². The van der Waals surface area contributed by atoms with Crippen LogP contribution in [0.1, 0.15) is 10.4 Å². The number of carbonyl (C=O) groups excluding carboxylic acids is 1. The van der Waals surface area contributed by atoms with Crippen molar-refractivity contribution in [3.8, 4) is 0 Å². The lowest BCUT2D eigenvalue weighted by Gasteiger charge is -2.20. The number of benzene rings is 1. The maximum absolute atomic E-state index is 12.2. The number of hydrogen-bond acceptors (Lipinski definition) is 6. The number of nitro benzene ring substituents is 1. The highest BCUT2D eigenvalue weighted by atomic mass is 35.5. The van der Waals surface area contributed by atoms with Crippen molar-refractivity contribution in [2.24, 2.45) is 0 Å². The number of amides is 1. The van der Waals surface area contributed by atoms with Crippen LogP contribution < -0.4 is 5.73 Å². The molecule has 1 rings (SSSR count). The third kappa shape index (κ3) is 4.28. The molecule has 0 heterocycles. The SMILES string of the molecule is COCC(O)CN(C)C(=O)c1cc(Cl)c(N)c([N+](=O)[O-])c1. The van der Waals surface area contributed by atoms with Crippen LogP contribution in [0.4, 0.5) is 11.4 Å². The van der Waals surface area contributed by atoms with Gasteiger partial charge in [0.1, 0.15) is 5.69 Å². The molecule has 1 unspecified atom stereocenters. The summed E-state index contributed by atoms with van der Waals surface area (Å²) in [4.78, 5) is 23.5. The molecule has 0 radical (unpaired) electrons. The molecule has 1 atom stereocenters. The molecule has 1 amide bonds. The number of nitrogen functional groups attached to an aromatic ring is 1. The molecule has 116 valence electrons. The van der Waals surface area contributed by atoms with Crippen LogP contribution in [-0.4, -0.2) is 54.3 Å². The number of rotatable bonds is 6. The summed E-state index contributed by atoms with van der Waals surface area (Å²) in [6.45, 7) is 0.0860. The number of methoxy groups -OCH3 is 1. The lowest BCUT2D eigenvalue weighted by molar-refractivity contribution is -0.383. The zero-order valence-corrected chi connectivity index (χ0v) is 12.3. The van der Waals surface area contributed by atoms with Crippen molar-refractivity contribution in [2.75, 3.05) is 33.0 Å². The smallest absolute Gasteiger partial charge is 0.294 e. The van der Waals surface area contributed by atoms with Gasteiger partial charge in [-0.3, -0.25) is 14.9 Å². The lowest BCUT2D eigenvalue weighted by Crippen LogP contribution is -2.36. The first-order chi connectivity index (χ1) is 9.77. The van der Waals surface area contributed by atoms with Gasteiger partial charge in [0.25, 0.3) is 11.6 Å². The summed E-state index contributed by atoms with van der Waals surface area (Å²) >= 11 is 5.80. The van der Waals surface area contributed by atoms with Gasteiger partial charge in [0.05, 0.1) is 22.7 Å². The Morgan fingerprint density at radius 1 is 1.62 bits per heavy atom. The topological polar surface area (TPSA) is 119 Å². The van der Waals surface area contributed by atoms with Crippen LogP contribution in [0.5, 0.6) is 0 Å². The Kier molecular flexibility index (Phi) is 5.89. The number of anilines is 1. The quantitative estimate of drug-likeness (QED) is 0.457. The number of nitrogens with zero attached hydrogens (tertiary/aromatic N) is 2. The van der Waals surface area contributed by atoms with E-state index in [1.54, 1.807) is 0 Å². The average molecular weight is 318 g/mol. The van der Waals surface area contributed by atoms with Gasteiger partial charge < -0.3 is 20.5 Å². The maximum Gasteiger partial charge on any atom is 0.294 e. The van der Waals surface area contributed by atoms with E-state index in [0.717, 1.165) is 6.07 Å². The van der Waals surface area contributed by atoms with Crippen molar-refractivity contribution in [2.45, 2.75) is 6.10 Å². The second-order valence-corrected chi connectivity index (χ2v) is 4.85. The number of nitrogens with two attached hydrogens (primary N) is 1. The van der Waals surface area contributed by atoms with E-state index in [1.165, 1.54) is 25.1 Å². The zero-order valence-electron chi connectivity index (χ0n) is 11.6. The normalized spacial score (nSPS) is 12.0. The van der Waals surface area contributed by atoms with E-state index >= 15 is 0 Å².